The Morgan fingerprint density at radius 3 is 2.65 bits per heavy atom. The molecule has 0 bridgehead atoms. The SMILES string of the molecule is CCCC(NC(C)C(=O)Nc1ccc2c(c1)OCO2)C(=O)O.Cl. The average molecular weight is 345 g/mol. The van der Waals surface area contributed by atoms with Gasteiger partial charge in [0.1, 0.15) is 6.04 Å². The summed E-state index contributed by atoms with van der Waals surface area (Å²) in [4.78, 5) is 23.2. The number of ether oxygens (including phenoxy) is 2. The van der Waals surface area contributed by atoms with Crippen molar-refractivity contribution in [3.63, 3.8) is 0 Å². The van der Waals surface area contributed by atoms with Crippen LogP contribution in [0, 0.1) is 0 Å². The quantitative estimate of drug-likeness (QED) is 0.700. The van der Waals surface area contributed by atoms with E-state index in [1.807, 2.05) is 6.92 Å². The zero-order valence-electron chi connectivity index (χ0n) is 13.0. The number of nitrogens with one attached hydrogen (secondary N) is 2. The number of carbonyl (C=O) groups is 2. The molecule has 2 unspecified atom stereocenters. The van der Waals surface area contributed by atoms with Crippen molar-refractivity contribution in [2.45, 2.75) is 38.8 Å². The van der Waals surface area contributed by atoms with Gasteiger partial charge >= 0.3 is 5.97 Å². The summed E-state index contributed by atoms with van der Waals surface area (Å²) < 4.78 is 10.4. The molecule has 128 valence electrons. The van der Waals surface area contributed by atoms with E-state index in [9.17, 15) is 9.59 Å². The van der Waals surface area contributed by atoms with Gasteiger partial charge in [-0.25, -0.2) is 0 Å². The van der Waals surface area contributed by atoms with Gasteiger partial charge < -0.3 is 19.9 Å². The first-order valence-corrected chi connectivity index (χ1v) is 7.20. The largest absolute Gasteiger partial charge is 0.480 e. The maximum Gasteiger partial charge on any atom is 0.320 e. The molecule has 1 aromatic rings. The predicted octanol–water partition coefficient (Wildman–Crippen LogP) is 2.01. The number of rotatable bonds is 7. The molecule has 2 rings (SSSR count). The lowest BCUT2D eigenvalue weighted by Crippen LogP contribution is -2.47. The molecular weight excluding hydrogens is 324 g/mol. The highest BCUT2D eigenvalue weighted by atomic mass is 35.5. The first-order chi connectivity index (χ1) is 10.5. The lowest BCUT2D eigenvalue weighted by molar-refractivity contribution is -0.140. The Bertz CT molecular complexity index is 567. The molecule has 0 aromatic heterocycles. The standard InChI is InChI=1S/C15H20N2O5.ClH/c1-3-4-11(15(19)20)16-9(2)14(18)17-10-5-6-12-13(7-10)22-8-21-12;/h5-7,9,11,16H,3-4,8H2,1-2H3,(H,17,18)(H,19,20);1H. The van der Waals surface area contributed by atoms with Crippen LogP contribution in [0.25, 0.3) is 0 Å². The van der Waals surface area contributed by atoms with Crippen LogP contribution >= 0.6 is 12.4 Å². The van der Waals surface area contributed by atoms with Gasteiger partial charge in [-0.05, 0) is 25.5 Å². The molecule has 1 aliphatic heterocycles. The van der Waals surface area contributed by atoms with E-state index in [1.165, 1.54) is 0 Å². The second-order valence-corrected chi connectivity index (χ2v) is 5.13. The maximum atomic E-state index is 12.1. The van der Waals surface area contributed by atoms with Gasteiger partial charge in [0.05, 0.1) is 6.04 Å². The Hall–Kier alpha value is -1.99. The molecule has 0 fully saturated rings. The molecule has 1 aliphatic rings. The summed E-state index contributed by atoms with van der Waals surface area (Å²) in [6.07, 6.45) is 1.19. The van der Waals surface area contributed by atoms with Crippen molar-refractivity contribution < 1.29 is 24.2 Å². The highest BCUT2D eigenvalue weighted by Crippen LogP contribution is 2.34. The summed E-state index contributed by atoms with van der Waals surface area (Å²) in [5.74, 6) is -0.0448. The van der Waals surface area contributed by atoms with Gasteiger partial charge in [-0.3, -0.25) is 14.9 Å². The van der Waals surface area contributed by atoms with Crippen LogP contribution in [-0.4, -0.2) is 35.9 Å². The van der Waals surface area contributed by atoms with Crippen LogP contribution in [0.5, 0.6) is 11.5 Å². The Balaban J connectivity index is 0.00000264. The van der Waals surface area contributed by atoms with E-state index < -0.39 is 18.1 Å². The second-order valence-electron chi connectivity index (χ2n) is 5.13. The highest BCUT2D eigenvalue weighted by Gasteiger charge is 2.23. The summed E-state index contributed by atoms with van der Waals surface area (Å²) >= 11 is 0. The summed E-state index contributed by atoms with van der Waals surface area (Å²) in [7, 11) is 0. The highest BCUT2D eigenvalue weighted by molar-refractivity contribution is 5.95. The molecule has 7 nitrogen and oxygen atoms in total. The molecule has 23 heavy (non-hydrogen) atoms. The van der Waals surface area contributed by atoms with Gasteiger partial charge in [-0.2, -0.15) is 0 Å². The molecular formula is C15H21ClN2O5. The van der Waals surface area contributed by atoms with Gasteiger partial charge in [0.15, 0.2) is 11.5 Å². The lowest BCUT2D eigenvalue weighted by Gasteiger charge is -2.19. The fraction of sp³-hybridized carbons (Fsp3) is 0.467. The number of carbonyl (C=O) groups excluding carboxylic acids is 1. The molecule has 1 amide bonds. The van der Waals surface area contributed by atoms with E-state index in [0.717, 1.165) is 6.42 Å². The summed E-state index contributed by atoms with van der Waals surface area (Å²) in [5.41, 5.74) is 0.574. The first-order valence-electron chi connectivity index (χ1n) is 7.20. The summed E-state index contributed by atoms with van der Waals surface area (Å²) in [5, 5.41) is 14.7. The van der Waals surface area contributed by atoms with Crippen LogP contribution in [0.2, 0.25) is 0 Å². The lowest BCUT2D eigenvalue weighted by atomic mass is 10.1. The third-order valence-corrected chi connectivity index (χ3v) is 3.36. The van der Waals surface area contributed by atoms with Crippen molar-refractivity contribution in [1.29, 1.82) is 0 Å². The third-order valence-electron chi connectivity index (χ3n) is 3.36. The van der Waals surface area contributed by atoms with E-state index in [0.29, 0.717) is 23.6 Å². The van der Waals surface area contributed by atoms with Crippen molar-refractivity contribution in [1.82, 2.24) is 5.32 Å². The Morgan fingerprint density at radius 1 is 1.30 bits per heavy atom. The molecule has 3 N–H and O–H groups in total. The molecule has 0 saturated heterocycles. The third kappa shape index (κ3) is 5.01. The minimum Gasteiger partial charge on any atom is -0.480 e. The normalized spacial score (nSPS) is 14.5. The number of carboxylic acid groups (broad SMARTS) is 1. The van der Waals surface area contributed by atoms with Gasteiger partial charge in [0, 0.05) is 11.8 Å². The Kier molecular flexibility index (Phi) is 7.12. The molecule has 0 aliphatic carbocycles. The van der Waals surface area contributed by atoms with E-state index in [4.69, 9.17) is 14.6 Å². The van der Waals surface area contributed by atoms with Crippen LogP contribution in [0.15, 0.2) is 18.2 Å². The molecule has 2 atom stereocenters. The van der Waals surface area contributed by atoms with Crippen molar-refractivity contribution >= 4 is 30.0 Å². The van der Waals surface area contributed by atoms with Gasteiger partial charge in [0.2, 0.25) is 12.7 Å². The predicted molar refractivity (Wildman–Crippen MR) is 87.4 cm³/mol. The van der Waals surface area contributed by atoms with Crippen LogP contribution in [0.3, 0.4) is 0 Å². The van der Waals surface area contributed by atoms with Gasteiger partial charge in [0.25, 0.3) is 0 Å². The monoisotopic (exact) mass is 344 g/mol. The molecule has 0 radical (unpaired) electrons. The van der Waals surface area contributed by atoms with Crippen LogP contribution in [0.1, 0.15) is 26.7 Å². The molecule has 8 heteroatoms. The minimum absolute atomic E-state index is 0. The minimum atomic E-state index is -0.954. The smallest absolute Gasteiger partial charge is 0.320 e. The maximum absolute atomic E-state index is 12.1. The van der Waals surface area contributed by atoms with E-state index in [2.05, 4.69) is 10.6 Å². The Morgan fingerprint density at radius 2 is 2.00 bits per heavy atom. The number of anilines is 1. The number of halogens is 1. The number of hydrogen-bond donors (Lipinski definition) is 3. The molecule has 0 saturated carbocycles. The molecule has 1 aromatic carbocycles. The van der Waals surface area contributed by atoms with Crippen LogP contribution < -0.4 is 20.1 Å². The zero-order chi connectivity index (χ0) is 16.1. The first kappa shape index (κ1) is 19.1. The number of carboxylic acids is 1. The van der Waals surface area contributed by atoms with E-state index in [-0.39, 0.29) is 25.1 Å². The molecule has 0 spiro atoms. The number of benzene rings is 1. The van der Waals surface area contributed by atoms with Crippen LogP contribution in [0.4, 0.5) is 5.69 Å². The summed E-state index contributed by atoms with van der Waals surface area (Å²) in [6.45, 7) is 3.70. The van der Waals surface area contributed by atoms with Gasteiger partial charge in [-0.1, -0.05) is 13.3 Å². The average Bonchev–Trinajstić information content (AvgIpc) is 2.94. The fourth-order valence-electron chi connectivity index (χ4n) is 2.17. The number of fused-ring (bicyclic) bond motifs is 1. The summed E-state index contributed by atoms with van der Waals surface area (Å²) in [6, 6.07) is 3.74. The molecule has 1 heterocycles. The zero-order valence-corrected chi connectivity index (χ0v) is 13.8. The van der Waals surface area contributed by atoms with Gasteiger partial charge in [-0.15, -0.1) is 12.4 Å². The van der Waals surface area contributed by atoms with Crippen LogP contribution in [-0.2, 0) is 9.59 Å². The van der Waals surface area contributed by atoms with Crippen molar-refractivity contribution in [3.8, 4) is 11.5 Å². The topological polar surface area (TPSA) is 96.9 Å². The van der Waals surface area contributed by atoms with Crippen molar-refractivity contribution in [2.24, 2.45) is 0 Å². The second kappa shape index (κ2) is 8.59. The Labute approximate surface area is 140 Å². The number of hydrogen-bond acceptors (Lipinski definition) is 5. The number of aliphatic carboxylic acids is 1. The number of amides is 1. The van der Waals surface area contributed by atoms with Crippen molar-refractivity contribution in [2.75, 3.05) is 12.1 Å². The van der Waals surface area contributed by atoms with E-state index in [1.54, 1.807) is 25.1 Å². The fourth-order valence-corrected chi connectivity index (χ4v) is 2.17. The van der Waals surface area contributed by atoms with Crippen molar-refractivity contribution in [3.05, 3.63) is 18.2 Å². The van der Waals surface area contributed by atoms with E-state index >= 15 is 0 Å².